The zero-order valence-corrected chi connectivity index (χ0v) is 31.8. The minimum atomic E-state index is -0.600. The number of pyridine rings is 2. The summed E-state index contributed by atoms with van der Waals surface area (Å²) in [7, 11) is 0. The van der Waals surface area contributed by atoms with Gasteiger partial charge in [-0.1, -0.05) is 23.4 Å². The molecule has 6 rings (SSSR count). The number of primary amides is 2. The summed E-state index contributed by atoms with van der Waals surface area (Å²) in [6, 6.07) is 14.9. The number of benzene rings is 2. The number of nitrogens with one attached hydrogen (secondary N) is 1. The molecule has 0 bridgehead atoms. The number of alkyl halides is 1. The van der Waals surface area contributed by atoms with Gasteiger partial charge in [-0.15, -0.1) is 0 Å². The Balaban J connectivity index is 0.000000246. The first kappa shape index (κ1) is 43.4. The zero-order valence-electron chi connectivity index (χ0n) is 30.2. The van der Waals surface area contributed by atoms with E-state index in [1.165, 1.54) is 17.1 Å². The Bertz CT molecular complexity index is 2500. The number of fused-ring (bicyclic) bond motifs is 2. The number of H-pyrrole nitrogens is 1. The van der Waals surface area contributed by atoms with Gasteiger partial charge in [0.05, 0.1) is 48.1 Å². The lowest BCUT2D eigenvalue weighted by Gasteiger charge is -2.08. The van der Waals surface area contributed by atoms with Crippen molar-refractivity contribution in [3.05, 3.63) is 117 Å². The Hall–Kier alpha value is -6.98. The van der Waals surface area contributed by atoms with Crippen molar-refractivity contribution in [1.82, 2.24) is 29.9 Å². The van der Waals surface area contributed by atoms with E-state index in [1.807, 2.05) is 44.2 Å². The Kier molecular flexibility index (Phi) is 15.4. The molecule has 0 radical (unpaired) electrons. The molecule has 288 valence electrons. The fraction of sp³-hybridized carbons (Fsp3) is 0.231. The lowest BCUT2D eigenvalue weighted by atomic mass is 10.0. The number of carbonyl (C=O) groups excluding carboxylic acids is 4. The fourth-order valence-electron chi connectivity index (χ4n) is 5.25. The smallest absolute Gasteiger partial charge is 0.342 e. The lowest BCUT2D eigenvalue weighted by molar-refractivity contribution is 0.0516. The first-order valence-corrected chi connectivity index (χ1v) is 17.6. The van der Waals surface area contributed by atoms with Gasteiger partial charge in [0.25, 0.3) is 11.8 Å². The third kappa shape index (κ3) is 10.6. The molecule has 0 aliphatic carbocycles. The normalized spacial score (nSPS) is 10.1. The van der Waals surface area contributed by atoms with Gasteiger partial charge in [-0.3, -0.25) is 29.3 Å². The van der Waals surface area contributed by atoms with Crippen LogP contribution in [0.5, 0.6) is 0 Å². The Morgan fingerprint density at radius 3 is 1.77 bits per heavy atom. The number of ether oxygens (including phenoxy) is 2. The number of hydrogen-bond acceptors (Lipinski definition) is 12. The van der Waals surface area contributed by atoms with Crippen molar-refractivity contribution in [1.29, 1.82) is 10.5 Å². The van der Waals surface area contributed by atoms with Crippen molar-refractivity contribution in [2.24, 2.45) is 11.5 Å². The molecule has 4 heterocycles. The molecule has 6 aromatic rings. The average Bonchev–Trinajstić information content (AvgIpc) is 3.82. The van der Waals surface area contributed by atoms with Gasteiger partial charge in [-0.25, -0.2) is 9.59 Å². The third-order valence-electron chi connectivity index (χ3n) is 7.60. The van der Waals surface area contributed by atoms with E-state index < -0.39 is 23.8 Å². The van der Waals surface area contributed by atoms with Gasteiger partial charge in [-0.05, 0) is 86.3 Å². The zero-order chi connectivity index (χ0) is 40.2. The fourth-order valence-corrected chi connectivity index (χ4v) is 5.58. The number of aromatic amines is 1. The average molecular weight is 824 g/mol. The number of halogens is 1. The Morgan fingerprint density at radius 1 is 0.768 bits per heavy atom. The highest BCUT2D eigenvalue weighted by Gasteiger charge is 2.19. The van der Waals surface area contributed by atoms with Crippen molar-refractivity contribution in [2.75, 3.05) is 13.2 Å². The van der Waals surface area contributed by atoms with Crippen LogP contribution in [0, 0.1) is 36.5 Å². The highest BCUT2D eigenvalue weighted by atomic mass is 79.9. The molecule has 56 heavy (non-hydrogen) atoms. The molecule has 0 atom stereocenters. The first-order chi connectivity index (χ1) is 26.3. The van der Waals surface area contributed by atoms with Crippen LogP contribution in [0.15, 0.2) is 61.2 Å². The second kappa shape index (κ2) is 19.9. The molecule has 0 spiro atoms. The van der Waals surface area contributed by atoms with Gasteiger partial charge in [0.1, 0.15) is 29.0 Å². The van der Waals surface area contributed by atoms with E-state index in [-0.39, 0.29) is 49.7 Å². The summed E-state index contributed by atoms with van der Waals surface area (Å²) in [6.07, 6.45) is 6.14. The summed E-state index contributed by atoms with van der Waals surface area (Å²) in [5, 5.41) is 30.2. The van der Waals surface area contributed by atoms with Crippen LogP contribution in [0.2, 0.25) is 0 Å². The number of rotatable bonds is 9. The topological polar surface area (TPSA) is 259 Å². The second-order valence-corrected chi connectivity index (χ2v) is 12.3. The molecule has 0 saturated carbocycles. The maximum Gasteiger partial charge on any atom is 0.342 e. The number of aryl methyl sites for hydroxylation is 2. The van der Waals surface area contributed by atoms with Crippen molar-refractivity contribution in [3.63, 3.8) is 0 Å². The summed E-state index contributed by atoms with van der Waals surface area (Å²) in [4.78, 5) is 54.7. The number of nitrogens with two attached hydrogens (primary N) is 2. The molecule has 2 amide bonds. The van der Waals surface area contributed by atoms with Crippen LogP contribution in [-0.4, -0.2) is 66.9 Å². The van der Waals surface area contributed by atoms with Gasteiger partial charge < -0.3 is 20.9 Å². The van der Waals surface area contributed by atoms with Crippen LogP contribution >= 0.6 is 15.9 Å². The number of carbonyl (C=O) groups is 4. The van der Waals surface area contributed by atoms with Gasteiger partial charge in [0.15, 0.2) is 5.69 Å². The molecule has 17 heteroatoms. The highest BCUT2D eigenvalue weighted by Crippen LogP contribution is 2.23. The van der Waals surface area contributed by atoms with E-state index in [1.54, 1.807) is 44.4 Å². The van der Waals surface area contributed by atoms with Crippen molar-refractivity contribution in [3.8, 4) is 12.1 Å². The maximum absolute atomic E-state index is 11.9. The van der Waals surface area contributed by atoms with Gasteiger partial charge in [0.2, 0.25) is 0 Å². The summed E-state index contributed by atoms with van der Waals surface area (Å²) >= 11 is 3.37. The van der Waals surface area contributed by atoms with Crippen LogP contribution in [0.1, 0.15) is 96.3 Å². The number of amides is 2. The molecule has 5 N–H and O–H groups in total. The van der Waals surface area contributed by atoms with Crippen LogP contribution in [0.4, 0.5) is 0 Å². The predicted octanol–water partition coefficient (Wildman–Crippen LogP) is 5.57. The maximum atomic E-state index is 11.9. The SMILES string of the molecule is C.CCOC(=O)c1cn(Cc2cc(C(N)=O)c3ncc(C)cc3c2)nc1C#N.CCOC(=O)c1cn[nH]c1C#N.Cc1cnc2c(C(N)=O)cc(CBr)cc2c1. The Morgan fingerprint density at radius 2 is 1.29 bits per heavy atom. The van der Waals surface area contributed by atoms with E-state index >= 15 is 0 Å². The van der Waals surface area contributed by atoms with Crippen LogP contribution in [-0.2, 0) is 21.3 Å². The quantitative estimate of drug-likeness (QED) is 0.120. The number of aromatic nitrogens is 6. The largest absolute Gasteiger partial charge is 0.462 e. The molecule has 0 saturated heterocycles. The van der Waals surface area contributed by atoms with Gasteiger partial charge in [0, 0.05) is 34.7 Å². The highest BCUT2D eigenvalue weighted by molar-refractivity contribution is 9.08. The second-order valence-electron chi connectivity index (χ2n) is 11.7. The van der Waals surface area contributed by atoms with E-state index in [0.29, 0.717) is 27.5 Å². The molecule has 4 aromatic heterocycles. The van der Waals surface area contributed by atoms with E-state index in [9.17, 15) is 24.4 Å². The summed E-state index contributed by atoms with van der Waals surface area (Å²) in [5.41, 5.74) is 17.0. The molecule has 0 aliphatic rings. The summed E-state index contributed by atoms with van der Waals surface area (Å²) in [6.45, 7) is 7.99. The molecule has 2 aromatic carbocycles. The van der Waals surface area contributed by atoms with E-state index in [0.717, 1.165) is 33.0 Å². The number of nitrogens with zero attached hydrogens (tertiary/aromatic N) is 7. The van der Waals surface area contributed by atoms with Crippen LogP contribution in [0.25, 0.3) is 21.8 Å². The first-order valence-electron chi connectivity index (χ1n) is 16.5. The van der Waals surface area contributed by atoms with Crippen molar-refractivity contribution >= 4 is 61.5 Å². The van der Waals surface area contributed by atoms with Crippen molar-refractivity contribution in [2.45, 2.75) is 47.0 Å². The minimum absolute atomic E-state index is 0. The Labute approximate surface area is 330 Å². The van der Waals surface area contributed by atoms with Crippen LogP contribution < -0.4 is 11.5 Å². The minimum Gasteiger partial charge on any atom is -0.462 e. The predicted molar refractivity (Wildman–Crippen MR) is 211 cm³/mol. The number of esters is 2. The standard InChI is InChI=1S/C19H17N5O3.C12H11BrN2O.C7H7N3O2.CH4/c1-3-27-19(26)15-10-24(23-16(15)7-20)9-12-5-13-4-11(2)8-22-17(13)14(6-12)18(21)25;1-7-2-9-3-8(5-13)4-10(12(14)16)11(9)15-6-7;1-2-12-7(11)5-4-9-10-6(5)3-8;/h4-6,8,10H,3,9H2,1-2H3,(H2,21,25);2-4,6H,5H2,1H3,(H2,14,16);4H,2H2,1H3,(H,9,10);1H4. The van der Waals surface area contributed by atoms with E-state index in [4.69, 9.17) is 21.5 Å². The van der Waals surface area contributed by atoms with Gasteiger partial charge in [-0.2, -0.15) is 20.7 Å². The number of nitriles is 2. The summed E-state index contributed by atoms with van der Waals surface area (Å²) < 4.78 is 11.1. The molecular formula is C39H39BrN10O6. The molecule has 16 nitrogen and oxygen atoms in total. The summed E-state index contributed by atoms with van der Waals surface area (Å²) in [5.74, 6) is -2.15. The molecule has 0 unspecified atom stereocenters. The molecule has 0 aliphatic heterocycles. The molecular weight excluding hydrogens is 784 g/mol. The third-order valence-corrected chi connectivity index (χ3v) is 8.25. The van der Waals surface area contributed by atoms with E-state index in [2.05, 4.69) is 45.9 Å². The lowest BCUT2D eigenvalue weighted by Crippen LogP contribution is -2.13. The van der Waals surface area contributed by atoms with Gasteiger partial charge >= 0.3 is 11.9 Å². The van der Waals surface area contributed by atoms with Crippen LogP contribution in [0.3, 0.4) is 0 Å². The monoisotopic (exact) mass is 822 g/mol. The molecule has 0 fully saturated rings. The number of hydrogen-bond donors (Lipinski definition) is 3. The van der Waals surface area contributed by atoms with Crippen molar-refractivity contribution < 1.29 is 28.7 Å².